The van der Waals surface area contributed by atoms with Crippen molar-refractivity contribution in [3.05, 3.63) is 32.2 Å². The predicted octanol–water partition coefficient (Wildman–Crippen LogP) is 5.15. The van der Waals surface area contributed by atoms with Crippen molar-refractivity contribution in [1.29, 1.82) is 0 Å². The second-order valence-electron chi connectivity index (χ2n) is 4.87. The molecule has 0 aliphatic carbocycles. The Morgan fingerprint density at radius 3 is 2.25 bits per heavy atom. The summed E-state index contributed by atoms with van der Waals surface area (Å²) in [4.78, 5) is 0. The fraction of sp³-hybridized carbons (Fsp3) is 0.455. The van der Waals surface area contributed by atoms with E-state index in [1.165, 1.54) is 0 Å². The van der Waals surface area contributed by atoms with Crippen LogP contribution in [0.25, 0.3) is 0 Å². The van der Waals surface area contributed by atoms with Gasteiger partial charge in [-0.3, -0.25) is 0 Å². The molecule has 0 bridgehead atoms. The van der Waals surface area contributed by atoms with E-state index in [-0.39, 0.29) is 12.1 Å². The van der Waals surface area contributed by atoms with Crippen LogP contribution in [-0.2, 0) is 5.11 Å². The molecule has 16 heavy (non-hydrogen) atoms. The standard InChI is InChI=1S/C11H14BrCl2OSi/c1-16(2,3)11(6-15)7-4-8(12)10(14)5-9(7)13/h4-5,11H,6H2,1-3H3. The van der Waals surface area contributed by atoms with Crippen molar-refractivity contribution < 1.29 is 5.11 Å². The molecule has 0 aliphatic heterocycles. The second kappa shape index (κ2) is 5.40. The summed E-state index contributed by atoms with van der Waals surface area (Å²) in [7, 11) is -1.56. The first-order valence-corrected chi connectivity index (χ1v) is 10.1. The number of rotatable bonds is 3. The Labute approximate surface area is 116 Å². The molecule has 89 valence electrons. The first kappa shape index (κ1) is 14.5. The van der Waals surface area contributed by atoms with Crippen LogP contribution >= 0.6 is 39.1 Å². The minimum absolute atomic E-state index is 0.0218. The van der Waals surface area contributed by atoms with Gasteiger partial charge in [-0.25, -0.2) is 5.11 Å². The van der Waals surface area contributed by atoms with Crippen molar-refractivity contribution in [3.63, 3.8) is 0 Å². The van der Waals surface area contributed by atoms with E-state index in [2.05, 4.69) is 35.6 Å². The Morgan fingerprint density at radius 2 is 1.81 bits per heavy atom. The summed E-state index contributed by atoms with van der Waals surface area (Å²) < 4.78 is 0.797. The highest BCUT2D eigenvalue weighted by Gasteiger charge is 2.30. The van der Waals surface area contributed by atoms with Gasteiger partial charge in [-0.15, -0.1) is 0 Å². The largest absolute Gasteiger partial charge is 0.236 e. The zero-order valence-corrected chi connectivity index (χ0v) is 13.6. The zero-order valence-electron chi connectivity index (χ0n) is 9.48. The van der Waals surface area contributed by atoms with Crippen molar-refractivity contribution >= 4 is 47.2 Å². The van der Waals surface area contributed by atoms with E-state index >= 15 is 0 Å². The van der Waals surface area contributed by atoms with Gasteiger partial charge in [0.1, 0.15) is 0 Å². The van der Waals surface area contributed by atoms with Gasteiger partial charge in [-0.05, 0) is 33.6 Å². The van der Waals surface area contributed by atoms with E-state index in [4.69, 9.17) is 23.2 Å². The average Bonchev–Trinajstić information content (AvgIpc) is 2.12. The molecule has 0 spiro atoms. The SMILES string of the molecule is C[Si](C)(C)C(C[O])c1cc(Br)c(Cl)cc1Cl. The van der Waals surface area contributed by atoms with E-state index in [0.29, 0.717) is 10.0 Å². The second-order valence-corrected chi connectivity index (χ2v) is 12.0. The van der Waals surface area contributed by atoms with Gasteiger partial charge in [-0.1, -0.05) is 42.8 Å². The van der Waals surface area contributed by atoms with E-state index in [1.54, 1.807) is 6.07 Å². The molecule has 5 heteroatoms. The van der Waals surface area contributed by atoms with Crippen molar-refractivity contribution in [2.45, 2.75) is 25.2 Å². The molecule has 1 nitrogen and oxygen atoms in total. The van der Waals surface area contributed by atoms with E-state index in [9.17, 15) is 5.11 Å². The number of benzene rings is 1. The molecule has 1 aromatic carbocycles. The van der Waals surface area contributed by atoms with Gasteiger partial charge in [0.2, 0.25) is 0 Å². The van der Waals surface area contributed by atoms with Crippen LogP contribution in [-0.4, -0.2) is 14.7 Å². The monoisotopic (exact) mass is 339 g/mol. The summed E-state index contributed by atoms with van der Waals surface area (Å²) in [5.41, 5.74) is 0.945. The van der Waals surface area contributed by atoms with Gasteiger partial charge in [0.15, 0.2) is 0 Å². The van der Waals surface area contributed by atoms with Crippen molar-refractivity contribution in [3.8, 4) is 0 Å². The fourth-order valence-electron chi connectivity index (χ4n) is 1.61. The predicted molar refractivity (Wildman–Crippen MR) is 75.8 cm³/mol. The quantitative estimate of drug-likeness (QED) is 0.535. The lowest BCUT2D eigenvalue weighted by atomic mass is 10.1. The molecule has 1 radical (unpaired) electrons. The molecule has 0 N–H and O–H groups in total. The highest BCUT2D eigenvalue weighted by molar-refractivity contribution is 9.10. The molecule has 1 unspecified atom stereocenters. The summed E-state index contributed by atoms with van der Waals surface area (Å²) in [5, 5.41) is 12.5. The van der Waals surface area contributed by atoms with Gasteiger partial charge < -0.3 is 0 Å². The Hall–Kier alpha value is 0.457. The maximum absolute atomic E-state index is 11.4. The van der Waals surface area contributed by atoms with E-state index < -0.39 is 8.07 Å². The van der Waals surface area contributed by atoms with E-state index in [1.807, 2.05) is 6.07 Å². The van der Waals surface area contributed by atoms with Gasteiger partial charge in [0, 0.05) is 15.0 Å². The van der Waals surface area contributed by atoms with Crippen molar-refractivity contribution in [1.82, 2.24) is 0 Å². The third kappa shape index (κ3) is 3.23. The third-order valence-corrected chi connectivity index (χ3v) is 6.72. The molecular weight excluding hydrogens is 327 g/mol. The maximum Gasteiger partial charge on any atom is 0.0867 e. The number of hydrogen-bond donors (Lipinski definition) is 0. The Bertz CT molecular complexity index is 390. The maximum atomic E-state index is 11.4. The van der Waals surface area contributed by atoms with Gasteiger partial charge in [0.25, 0.3) is 0 Å². The van der Waals surface area contributed by atoms with Crippen LogP contribution < -0.4 is 0 Å². The van der Waals surface area contributed by atoms with E-state index in [0.717, 1.165) is 10.0 Å². The van der Waals surface area contributed by atoms with Crippen LogP contribution in [0.2, 0.25) is 29.7 Å². The van der Waals surface area contributed by atoms with Crippen molar-refractivity contribution in [2.75, 3.05) is 6.61 Å². The summed E-state index contributed by atoms with van der Waals surface area (Å²) >= 11 is 15.5. The Morgan fingerprint density at radius 1 is 1.25 bits per heavy atom. The lowest BCUT2D eigenvalue weighted by molar-refractivity contribution is 0.190. The molecule has 1 aromatic rings. The van der Waals surface area contributed by atoms with Crippen molar-refractivity contribution in [2.24, 2.45) is 0 Å². The zero-order chi connectivity index (χ0) is 12.5. The minimum Gasteiger partial charge on any atom is -0.236 e. The molecule has 1 atom stereocenters. The number of hydrogen-bond acceptors (Lipinski definition) is 0. The Balaban J connectivity index is 3.26. The molecular formula is C11H14BrCl2OSi. The molecule has 1 rings (SSSR count). The van der Waals surface area contributed by atoms with Crippen LogP contribution in [0.5, 0.6) is 0 Å². The number of halogens is 3. The summed E-state index contributed by atoms with van der Waals surface area (Å²) in [6.45, 7) is 6.40. The first-order valence-electron chi connectivity index (χ1n) is 5.00. The molecule has 0 aliphatic rings. The van der Waals surface area contributed by atoms with Gasteiger partial charge in [-0.2, -0.15) is 0 Å². The average molecular weight is 341 g/mol. The molecule has 0 heterocycles. The molecule has 0 aromatic heterocycles. The van der Waals surface area contributed by atoms with Crippen LogP contribution in [0.3, 0.4) is 0 Å². The summed E-state index contributed by atoms with van der Waals surface area (Å²) in [6.07, 6.45) is 0. The normalized spacial score (nSPS) is 13.9. The van der Waals surface area contributed by atoms with Gasteiger partial charge in [0.05, 0.1) is 19.7 Å². The fourth-order valence-corrected chi connectivity index (χ4v) is 4.25. The smallest absolute Gasteiger partial charge is 0.0867 e. The first-order chi connectivity index (χ1) is 7.27. The lowest BCUT2D eigenvalue weighted by Crippen LogP contribution is -2.33. The van der Waals surface area contributed by atoms with Crippen LogP contribution in [0, 0.1) is 0 Å². The summed E-state index contributed by atoms with van der Waals surface area (Å²) in [5.74, 6) is 0. The highest BCUT2D eigenvalue weighted by Crippen LogP contribution is 2.36. The van der Waals surface area contributed by atoms with Crippen LogP contribution in [0.15, 0.2) is 16.6 Å². The lowest BCUT2D eigenvalue weighted by Gasteiger charge is -2.28. The topological polar surface area (TPSA) is 19.9 Å². The summed E-state index contributed by atoms with van der Waals surface area (Å²) in [6, 6.07) is 3.58. The molecule has 0 saturated heterocycles. The third-order valence-electron chi connectivity index (χ3n) is 2.63. The van der Waals surface area contributed by atoms with Gasteiger partial charge >= 0.3 is 0 Å². The molecule has 0 saturated carbocycles. The molecule has 0 fully saturated rings. The minimum atomic E-state index is -1.56. The highest BCUT2D eigenvalue weighted by atomic mass is 79.9. The van der Waals surface area contributed by atoms with Crippen LogP contribution in [0.4, 0.5) is 0 Å². The van der Waals surface area contributed by atoms with Crippen LogP contribution in [0.1, 0.15) is 11.1 Å². The molecule has 0 amide bonds. The Kier molecular flexibility index (Phi) is 4.90.